The number of carbonyl (C=O) groups is 1. The summed E-state index contributed by atoms with van der Waals surface area (Å²) in [6.07, 6.45) is 1.63. The van der Waals surface area contributed by atoms with Crippen molar-refractivity contribution in [1.82, 2.24) is 9.97 Å². The first kappa shape index (κ1) is 19.6. The number of carbonyl (C=O) groups excluding carboxylic acids is 1. The molecule has 7 heteroatoms. The number of pyridine rings is 1. The van der Waals surface area contributed by atoms with Gasteiger partial charge < -0.3 is 14.8 Å². The second-order valence-corrected chi connectivity index (χ2v) is 7.10. The normalized spacial score (nSPS) is 10.4. The summed E-state index contributed by atoms with van der Waals surface area (Å²) in [5.74, 6) is 0.694. The molecule has 0 atom stereocenters. The lowest BCUT2D eigenvalue weighted by Gasteiger charge is -2.12. The van der Waals surface area contributed by atoms with Crippen molar-refractivity contribution in [3.8, 4) is 11.6 Å². The standard InChI is InChI=1S/C23H19N3O3S/c27-22(18-8-4-9-20(12-18)28-14-19-15-30-16-25-19)26-21-10-5-11-24-23(21)29-13-17-6-2-1-3-7-17/h1-12,15-16H,13-14H2,(H,26,27). The molecule has 0 radical (unpaired) electrons. The van der Waals surface area contributed by atoms with Crippen LogP contribution in [0.5, 0.6) is 11.6 Å². The molecule has 1 N–H and O–H groups in total. The number of anilines is 1. The van der Waals surface area contributed by atoms with Crippen molar-refractivity contribution in [2.24, 2.45) is 0 Å². The van der Waals surface area contributed by atoms with Crippen LogP contribution in [0.2, 0.25) is 0 Å². The van der Waals surface area contributed by atoms with Gasteiger partial charge in [0.2, 0.25) is 5.88 Å². The average Bonchev–Trinajstić information content (AvgIpc) is 3.32. The second kappa shape index (κ2) is 9.67. The summed E-state index contributed by atoms with van der Waals surface area (Å²) in [5, 5.41) is 4.79. The summed E-state index contributed by atoms with van der Waals surface area (Å²) in [4.78, 5) is 21.2. The lowest BCUT2D eigenvalue weighted by atomic mass is 10.2. The molecular formula is C23H19N3O3S. The Kier molecular flexibility index (Phi) is 6.31. The van der Waals surface area contributed by atoms with Gasteiger partial charge in [0, 0.05) is 17.1 Å². The molecule has 0 aliphatic rings. The van der Waals surface area contributed by atoms with E-state index in [4.69, 9.17) is 9.47 Å². The molecule has 0 aliphatic heterocycles. The third kappa shape index (κ3) is 5.21. The van der Waals surface area contributed by atoms with Crippen molar-refractivity contribution in [3.63, 3.8) is 0 Å². The fraction of sp³-hybridized carbons (Fsp3) is 0.0870. The number of thiazole rings is 1. The van der Waals surface area contributed by atoms with Crippen LogP contribution < -0.4 is 14.8 Å². The second-order valence-electron chi connectivity index (χ2n) is 6.38. The van der Waals surface area contributed by atoms with E-state index in [9.17, 15) is 4.79 Å². The minimum Gasteiger partial charge on any atom is -0.487 e. The third-order valence-electron chi connectivity index (χ3n) is 4.20. The molecule has 2 heterocycles. The smallest absolute Gasteiger partial charge is 0.255 e. The number of aromatic nitrogens is 2. The van der Waals surface area contributed by atoms with Gasteiger partial charge in [-0.1, -0.05) is 36.4 Å². The molecule has 6 nitrogen and oxygen atoms in total. The number of hydrogen-bond acceptors (Lipinski definition) is 6. The van der Waals surface area contributed by atoms with E-state index in [1.54, 1.807) is 42.0 Å². The highest BCUT2D eigenvalue weighted by atomic mass is 32.1. The first-order valence-corrected chi connectivity index (χ1v) is 10.3. The molecule has 0 aliphatic carbocycles. The van der Waals surface area contributed by atoms with Gasteiger partial charge in [-0.15, -0.1) is 11.3 Å². The fourth-order valence-electron chi connectivity index (χ4n) is 2.71. The zero-order chi connectivity index (χ0) is 20.6. The lowest BCUT2D eigenvalue weighted by molar-refractivity contribution is 0.102. The maximum atomic E-state index is 12.8. The Morgan fingerprint density at radius 3 is 2.67 bits per heavy atom. The fourth-order valence-corrected chi connectivity index (χ4v) is 3.26. The van der Waals surface area contributed by atoms with E-state index in [1.807, 2.05) is 41.8 Å². The summed E-state index contributed by atoms with van der Waals surface area (Å²) in [6.45, 7) is 0.718. The maximum Gasteiger partial charge on any atom is 0.255 e. The van der Waals surface area contributed by atoms with Gasteiger partial charge in [0.1, 0.15) is 24.7 Å². The Bertz CT molecular complexity index is 1100. The molecule has 0 fully saturated rings. The molecule has 0 spiro atoms. The van der Waals surface area contributed by atoms with E-state index in [2.05, 4.69) is 15.3 Å². The van der Waals surface area contributed by atoms with Crippen molar-refractivity contribution in [1.29, 1.82) is 0 Å². The summed E-state index contributed by atoms with van der Waals surface area (Å²) >= 11 is 1.51. The van der Waals surface area contributed by atoms with Crippen molar-refractivity contribution >= 4 is 22.9 Å². The van der Waals surface area contributed by atoms with Crippen LogP contribution in [0.4, 0.5) is 5.69 Å². The predicted molar refractivity (Wildman–Crippen MR) is 116 cm³/mol. The van der Waals surface area contributed by atoms with Gasteiger partial charge in [0.05, 0.1) is 11.2 Å². The third-order valence-corrected chi connectivity index (χ3v) is 4.84. The predicted octanol–water partition coefficient (Wildman–Crippen LogP) is 4.95. The van der Waals surface area contributed by atoms with Crippen LogP contribution in [0.3, 0.4) is 0 Å². The number of benzene rings is 2. The first-order valence-electron chi connectivity index (χ1n) is 9.31. The zero-order valence-electron chi connectivity index (χ0n) is 16.0. The lowest BCUT2D eigenvalue weighted by Crippen LogP contribution is -2.13. The van der Waals surface area contributed by atoms with E-state index >= 15 is 0 Å². The molecule has 2 aromatic heterocycles. The van der Waals surface area contributed by atoms with Crippen molar-refractivity contribution in [3.05, 3.63) is 101 Å². The Labute approximate surface area is 178 Å². The van der Waals surface area contributed by atoms with E-state index < -0.39 is 0 Å². The number of nitrogens with one attached hydrogen (secondary N) is 1. The van der Waals surface area contributed by atoms with Gasteiger partial charge in [-0.3, -0.25) is 4.79 Å². The van der Waals surface area contributed by atoms with Crippen molar-refractivity contribution in [2.45, 2.75) is 13.2 Å². The molecule has 150 valence electrons. The molecule has 4 rings (SSSR count). The van der Waals surface area contributed by atoms with Gasteiger partial charge in [0.15, 0.2) is 0 Å². The highest BCUT2D eigenvalue weighted by Crippen LogP contribution is 2.23. The quantitative estimate of drug-likeness (QED) is 0.439. The Balaban J connectivity index is 1.42. The van der Waals surface area contributed by atoms with E-state index in [0.717, 1.165) is 11.3 Å². The monoisotopic (exact) mass is 417 g/mol. The molecular weight excluding hydrogens is 398 g/mol. The summed E-state index contributed by atoms with van der Waals surface area (Å²) < 4.78 is 11.5. The molecule has 2 aromatic carbocycles. The van der Waals surface area contributed by atoms with Crippen LogP contribution in [-0.4, -0.2) is 15.9 Å². The van der Waals surface area contributed by atoms with Gasteiger partial charge in [-0.25, -0.2) is 9.97 Å². The van der Waals surface area contributed by atoms with Gasteiger partial charge in [-0.05, 0) is 35.9 Å². The number of amides is 1. The van der Waals surface area contributed by atoms with Crippen LogP contribution in [-0.2, 0) is 13.2 Å². The summed E-state index contributed by atoms with van der Waals surface area (Å²) in [6, 6.07) is 20.3. The van der Waals surface area contributed by atoms with E-state index in [0.29, 0.717) is 36.1 Å². The van der Waals surface area contributed by atoms with Gasteiger partial charge in [-0.2, -0.15) is 0 Å². The minimum atomic E-state index is -0.272. The van der Waals surface area contributed by atoms with Crippen LogP contribution in [0.1, 0.15) is 21.6 Å². The number of ether oxygens (including phenoxy) is 2. The highest BCUT2D eigenvalue weighted by molar-refractivity contribution is 7.07. The van der Waals surface area contributed by atoms with Crippen molar-refractivity contribution < 1.29 is 14.3 Å². The Hall–Kier alpha value is -3.71. The maximum absolute atomic E-state index is 12.8. The number of hydrogen-bond donors (Lipinski definition) is 1. The molecule has 0 saturated heterocycles. The molecule has 0 bridgehead atoms. The summed E-state index contributed by atoms with van der Waals surface area (Å²) in [5.41, 5.74) is 4.61. The molecule has 4 aromatic rings. The topological polar surface area (TPSA) is 73.3 Å². The van der Waals surface area contributed by atoms with Gasteiger partial charge >= 0.3 is 0 Å². The van der Waals surface area contributed by atoms with E-state index in [1.165, 1.54) is 11.3 Å². The minimum absolute atomic E-state index is 0.272. The Morgan fingerprint density at radius 1 is 0.933 bits per heavy atom. The number of rotatable bonds is 8. The highest BCUT2D eigenvalue weighted by Gasteiger charge is 2.12. The van der Waals surface area contributed by atoms with Crippen LogP contribution in [0.25, 0.3) is 0 Å². The average molecular weight is 417 g/mol. The molecule has 30 heavy (non-hydrogen) atoms. The number of nitrogens with zero attached hydrogens (tertiary/aromatic N) is 2. The first-order chi connectivity index (χ1) is 14.8. The molecule has 1 amide bonds. The molecule has 0 saturated carbocycles. The van der Waals surface area contributed by atoms with Crippen LogP contribution in [0, 0.1) is 0 Å². The van der Waals surface area contributed by atoms with Crippen molar-refractivity contribution in [2.75, 3.05) is 5.32 Å². The van der Waals surface area contributed by atoms with E-state index in [-0.39, 0.29) is 5.91 Å². The van der Waals surface area contributed by atoms with Crippen LogP contribution >= 0.6 is 11.3 Å². The summed E-state index contributed by atoms with van der Waals surface area (Å²) in [7, 11) is 0. The largest absolute Gasteiger partial charge is 0.487 e. The van der Waals surface area contributed by atoms with Crippen LogP contribution in [0.15, 0.2) is 83.8 Å². The Morgan fingerprint density at radius 2 is 1.83 bits per heavy atom. The SMILES string of the molecule is O=C(Nc1cccnc1OCc1ccccc1)c1cccc(OCc2cscn2)c1. The van der Waals surface area contributed by atoms with Gasteiger partial charge in [0.25, 0.3) is 5.91 Å². The molecule has 0 unspecified atom stereocenters. The zero-order valence-corrected chi connectivity index (χ0v) is 16.8.